The van der Waals surface area contributed by atoms with E-state index >= 15 is 0 Å². The van der Waals surface area contributed by atoms with E-state index in [-0.39, 0.29) is 91.7 Å². The topological polar surface area (TPSA) is 360 Å². The number of esters is 2. The molecule has 16 rings (SSSR count). The third kappa shape index (κ3) is 21.6. The molecule has 634 valence electrons. The van der Waals surface area contributed by atoms with Gasteiger partial charge in [0.15, 0.2) is 5.58 Å². The molecule has 16 heterocycles. The SMILES string of the molecule is CCOC(=O)c1oc2ncc(-c3cnn(C)c3)cc2c1N(CCC1CCCCO1)C(=O)OCC.CCOC(=O)c1oc2ncc(Br)cc2c1N(CCC1CCCCO1)C(=O)OCC.Cn1cc(-c2cnc3oc4c(-c5cnn(C)c5)nc(=O)n(CCC5CCCCO5)c4c3c2)cn1.Cn1cc(B2OC(C)(C)C(C)(C)O2)cn1.Cn1cc(Br)cn1. The lowest BCUT2D eigenvalue weighted by molar-refractivity contribution is 0.00578. The predicted octanol–water partition coefficient (Wildman–Crippen LogP) is 14.2. The van der Waals surface area contributed by atoms with Gasteiger partial charge in [-0.3, -0.25) is 37.8 Å². The summed E-state index contributed by atoms with van der Waals surface area (Å²) in [6, 6.07) is 5.60. The van der Waals surface area contributed by atoms with Crippen LogP contribution in [-0.2, 0) is 84.2 Å². The lowest BCUT2D eigenvalue weighted by Crippen LogP contribution is -2.41. The molecule has 2 amide bonds. The maximum Gasteiger partial charge on any atom is 0.498 e. The van der Waals surface area contributed by atoms with Crippen molar-refractivity contribution in [2.24, 2.45) is 35.2 Å². The fourth-order valence-corrected chi connectivity index (χ4v) is 14.8. The van der Waals surface area contributed by atoms with Crippen molar-refractivity contribution in [3.8, 4) is 33.5 Å². The number of anilines is 2. The predicted molar refractivity (Wildman–Crippen MR) is 451 cm³/mol. The van der Waals surface area contributed by atoms with E-state index in [9.17, 15) is 24.0 Å². The zero-order chi connectivity index (χ0) is 84.7. The molecule has 0 radical (unpaired) electrons. The molecule has 0 bridgehead atoms. The summed E-state index contributed by atoms with van der Waals surface area (Å²) in [7, 11) is 8.99. The minimum Gasteiger partial charge on any atom is -0.460 e. The monoisotopic (exact) mass is 1770 g/mol. The lowest BCUT2D eigenvalue weighted by atomic mass is 9.82. The van der Waals surface area contributed by atoms with Gasteiger partial charge in [0, 0.05) is 168 Å². The zero-order valence-electron chi connectivity index (χ0n) is 69.4. The Bertz CT molecular complexity index is 5470. The number of carbonyl (C=O) groups excluding carboxylic acids is 4. The molecule has 0 spiro atoms. The highest BCUT2D eigenvalue weighted by Crippen LogP contribution is 2.41. The fraction of sp³-hybridized carbons (Fsp3) is 0.488. The van der Waals surface area contributed by atoms with E-state index in [0.717, 1.165) is 121 Å². The molecular formula is C82H102BBr2N17O17. The fourth-order valence-electron chi connectivity index (χ4n) is 14.1. The van der Waals surface area contributed by atoms with Crippen molar-refractivity contribution < 1.29 is 74.9 Å². The molecule has 4 saturated heterocycles. The van der Waals surface area contributed by atoms with Crippen molar-refractivity contribution in [1.82, 2.24) is 73.4 Å². The quantitative estimate of drug-likeness (QED) is 0.0366. The van der Waals surface area contributed by atoms with Crippen molar-refractivity contribution in [2.45, 2.75) is 168 Å². The van der Waals surface area contributed by atoms with Crippen molar-refractivity contribution >= 4 is 124 Å². The molecule has 34 nitrogen and oxygen atoms in total. The van der Waals surface area contributed by atoms with Crippen LogP contribution in [0.4, 0.5) is 21.0 Å². The largest absolute Gasteiger partial charge is 0.498 e. The van der Waals surface area contributed by atoms with Crippen molar-refractivity contribution in [3.63, 3.8) is 0 Å². The highest BCUT2D eigenvalue weighted by atomic mass is 79.9. The van der Waals surface area contributed by atoms with Crippen molar-refractivity contribution in [3.05, 3.63) is 130 Å². The molecule has 4 aliphatic rings. The second-order valence-corrected chi connectivity index (χ2v) is 31.8. The highest BCUT2D eigenvalue weighted by molar-refractivity contribution is 9.10. The van der Waals surface area contributed by atoms with Crippen molar-refractivity contribution in [1.29, 1.82) is 0 Å². The molecule has 37 heteroatoms. The van der Waals surface area contributed by atoms with Gasteiger partial charge >= 0.3 is 36.9 Å². The number of furan rings is 3. The molecule has 0 saturated carbocycles. The van der Waals surface area contributed by atoms with E-state index in [1.165, 1.54) is 9.80 Å². The molecular weight excluding hydrogens is 1670 g/mol. The molecule has 4 fully saturated rings. The van der Waals surface area contributed by atoms with E-state index in [1.807, 2.05) is 106 Å². The number of hydrogen-bond acceptors (Lipinski definition) is 26. The standard InChI is InChI=1S/C24H25N7O3.C24H30N4O6.C20H25BrN2O6.C10H17BN2O2.C4H5BrN2/c1-29-13-16(11-26-29)15-9-19-21-22(34-23(19)25-10-15)20(17-12-27-30(2)14-17)28-24(32)31(21)7-6-18-5-3-4-8-33-18;1-4-31-23(29)21-20(28(24(30)32-5-2)10-9-18-8-6-7-11-33-18)19-12-16(13-25-22(19)34-21)17-14-26-27(3)15-17;1-3-26-19(24)17-16(15-11-13(21)12-22-18(15)29-17)23(20(25)27-4-2)9-8-14-7-5-6-10-28-14;1-9(2)10(3,4)15-11(14-9)8-6-12-13(5)7-8;1-7-3-4(5)2-6-7/h9-14,18H,3-8H2,1-2H3;12-15,18H,4-11H2,1-3H3;11-12,14H,3-10H2,1-2H3;6-7H,1-5H3;2-3H,1H3. The van der Waals surface area contributed by atoms with E-state index in [1.54, 1.807) is 111 Å². The van der Waals surface area contributed by atoms with Gasteiger partial charge in [0.25, 0.3) is 0 Å². The maximum atomic E-state index is 13.3. The van der Waals surface area contributed by atoms with Gasteiger partial charge < -0.3 is 55.7 Å². The van der Waals surface area contributed by atoms with E-state index in [2.05, 4.69) is 77.3 Å². The third-order valence-electron chi connectivity index (χ3n) is 20.7. The number of pyridine rings is 3. The van der Waals surface area contributed by atoms with Gasteiger partial charge in [-0.1, -0.05) is 0 Å². The first-order valence-corrected chi connectivity index (χ1v) is 41.7. The minimum absolute atomic E-state index is 0.0407. The average Bonchev–Trinajstić information content (AvgIpc) is 1.59. The highest BCUT2D eigenvalue weighted by Gasteiger charge is 2.52. The summed E-state index contributed by atoms with van der Waals surface area (Å²) < 4.78 is 80.0. The number of nitrogens with zero attached hydrogens (tertiary/aromatic N) is 17. The summed E-state index contributed by atoms with van der Waals surface area (Å²) >= 11 is 6.64. The summed E-state index contributed by atoms with van der Waals surface area (Å²) in [6.45, 7) is 19.1. The average molecular weight is 1770 g/mol. The number of rotatable bonds is 21. The molecule has 0 aromatic carbocycles. The first kappa shape index (κ1) is 87.9. The van der Waals surface area contributed by atoms with Gasteiger partial charge in [-0.05, 0) is 182 Å². The molecule has 4 aliphatic heterocycles. The molecule has 12 aromatic rings. The van der Waals surface area contributed by atoms with E-state index < -0.39 is 24.1 Å². The Kier molecular flexibility index (Phi) is 29.6. The number of halogens is 2. The Morgan fingerprint density at radius 3 is 1.34 bits per heavy atom. The van der Waals surface area contributed by atoms with Crippen LogP contribution in [0.15, 0.2) is 126 Å². The van der Waals surface area contributed by atoms with Crippen LogP contribution >= 0.6 is 31.9 Å². The molecule has 3 atom stereocenters. The Balaban J connectivity index is 0.000000145. The van der Waals surface area contributed by atoms with Crippen LogP contribution in [0.5, 0.6) is 0 Å². The molecule has 0 aliphatic carbocycles. The first-order valence-electron chi connectivity index (χ1n) is 40.1. The van der Waals surface area contributed by atoms with Gasteiger partial charge in [-0.25, -0.2) is 38.9 Å². The van der Waals surface area contributed by atoms with Crippen LogP contribution in [-0.4, -0.2) is 194 Å². The van der Waals surface area contributed by atoms with Gasteiger partial charge in [-0.15, -0.1) is 0 Å². The number of ether oxygens (including phenoxy) is 7. The Hall–Kier alpha value is -10.4. The molecule has 0 N–H and O–H groups in total. The smallest absolute Gasteiger partial charge is 0.460 e. The number of aryl methyl sites for hydroxylation is 6. The van der Waals surface area contributed by atoms with Crippen LogP contribution in [0.2, 0.25) is 0 Å². The normalized spacial score (nSPS) is 16.8. The second kappa shape index (κ2) is 40.1. The summed E-state index contributed by atoms with van der Waals surface area (Å²) in [5, 5.41) is 22.5. The maximum absolute atomic E-state index is 13.3. The summed E-state index contributed by atoms with van der Waals surface area (Å²) in [5.41, 5.74) is 7.50. The number of aromatic nitrogens is 15. The van der Waals surface area contributed by atoms with Crippen molar-refractivity contribution in [2.75, 3.05) is 69.1 Å². The second-order valence-electron chi connectivity index (χ2n) is 29.9. The van der Waals surface area contributed by atoms with Gasteiger partial charge in [0.2, 0.25) is 28.7 Å². The van der Waals surface area contributed by atoms with Gasteiger partial charge in [0.05, 0.1) is 101 Å². The van der Waals surface area contributed by atoms with Crippen LogP contribution in [0, 0.1) is 0 Å². The third-order valence-corrected chi connectivity index (χ3v) is 21.6. The molecule has 12 aromatic heterocycles. The number of hydrogen-bond donors (Lipinski definition) is 0. The summed E-state index contributed by atoms with van der Waals surface area (Å²) in [6.07, 6.45) is 33.6. The summed E-state index contributed by atoms with van der Waals surface area (Å²) in [5.74, 6) is -1.46. The van der Waals surface area contributed by atoms with Crippen LogP contribution in [0.3, 0.4) is 0 Å². The van der Waals surface area contributed by atoms with Crippen LogP contribution in [0.25, 0.3) is 77.9 Å². The van der Waals surface area contributed by atoms with E-state index in [0.29, 0.717) is 88.2 Å². The minimum atomic E-state index is -0.665. The number of carbonyl (C=O) groups is 4. The zero-order valence-corrected chi connectivity index (χ0v) is 72.6. The van der Waals surface area contributed by atoms with E-state index in [4.69, 9.17) is 55.7 Å². The first-order chi connectivity index (χ1) is 57.2. The summed E-state index contributed by atoms with van der Waals surface area (Å²) in [4.78, 5) is 85.1. The Morgan fingerprint density at radius 1 is 0.487 bits per heavy atom. The van der Waals surface area contributed by atoms with Gasteiger partial charge in [-0.2, -0.15) is 30.5 Å². The molecule has 119 heavy (non-hydrogen) atoms. The van der Waals surface area contributed by atoms with Crippen LogP contribution in [0.1, 0.15) is 154 Å². The van der Waals surface area contributed by atoms with Crippen LogP contribution < -0.4 is 21.0 Å². The lowest BCUT2D eigenvalue weighted by Gasteiger charge is -2.32. The number of amides is 2. The Labute approximate surface area is 704 Å². The molecule has 3 unspecified atom stereocenters. The number of fused-ring (bicyclic) bond motifs is 5. The van der Waals surface area contributed by atoms with Gasteiger partial charge in [0.1, 0.15) is 22.6 Å². The Morgan fingerprint density at radius 2 is 0.916 bits per heavy atom.